The average molecular weight is 223 g/mol. The van der Waals surface area contributed by atoms with Crippen LogP contribution in [0.1, 0.15) is 18.9 Å². The second-order valence-corrected chi connectivity index (χ2v) is 4.18. The number of aliphatic carboxylic acids is 1. The van der Waals surface area contributed by atoms with E-state index < -0.39 is 5.97 Å². The summed E-state index contributed by atoms with van der Waals surface area (Å²) < 4.78 is 13.0. The number of halogens is 1. The fraction of sp³-hybridized carbons (Fsp3) is 0.417. The summed E-state index contributed by atoms with van der Waals surface area (Å²) in [4.78, 5) is 12.6. The number of fused-ring (bicyclic) bond motifs is 1. The van der Waals surface area contributed by atoms with Crippen molar-refractivity contribution in [3.8, 4) is 0 Å². The number of anilines is 1. The second-order valence-electron chi connectivity index (χ2n) is 4.18. The molecule has 1 atom stereocenters. The van der Waals surface area contributed by atoms with Crippen LogP contribution >= 0.6 is 0 Å². The van der Waals surface area contributed by atoms with E-state index in [1.165, 1.54) is 12.1 Å². The average Bonchev–Trinajstić information content (AvgIpc) is 2.22. The number of benzene rings is 1. The SMILES string of the molecule is CC1CCc2cc(F)ccc2N1CC(=O)O. The van der Waals surface area contributed by atoms with Gasteiger partial charge in [-0.05, 0) is 43.5 Å². The zero-order valence-electron chi connectivity index (χ0n) is 9.11. The first-order valence-electron chi connectivity index (χ1n) is 5.35. The lowest BCUT2D eigenvalue weighted by Gasteiger charge is -2.35. The quantitative estimate of drug-likeness (QED) is 0.834. The van der Waals surface area contributed by atoms with Gasteiger partial charge in [0.1, 0.15) is 12.4 Å². The fourth-order valence-corrected chi connectivity index (χ4v) is 2.18. The molecule has 1 N–H and O–H groups in total. The van der Waals surface area contributed by atoms with Crippen molar-refractivity contribution in [1.29, 1.82) is 0 Å². The molecule has 3 nitrogen and oxygen atoms in total. The molecule has 0 saturated heterocycles. The van der Waals surface area contributed by atoms with Crippen molar-refractivity contribution in [2.24, 2.45) is 0 Å². The predicted molar refractivity (Wildman–Crippen MR) is 59.2 cm³/mol. The van der Waals surface area contributed by atoms with E-state index in [9.17, 15) is 9.18 Å². The molecule has 1 aromatic carbocycles. The minimum atomic E-state index is -0.857. The fourth-order valence-electron chi connectivity index (χ4n) is 2.18. The Morgan fingerprint density at radius 1 is 1.62 bits per heavy atom. The third-order valence-corrected chi connectivity index (χ3v) is 3.02. The smallest absolute Gasteiger partial charge is 0.323 e. The number of hydrogen-bond acceptors (Lipinski definition) is 2. The van der Waals surface area contributed by atoms with Gasteiger partial charge < -0.3 is 10.0 Å². The number of aryl methyl sites for hydroxylation is 1. The van der Waals surface area contributed by atoms with E-state index in [4.69, 9.17) is 5.11 Å². The van der Waals surface area contributed by atoms with Crippen LogP contribution in [0.2, 0.25) is 0 Å². The Morgan fingerprint density at radius 3 is 3.06 bits per heavy atom. The Labute approximate surface area is 93.5 Å². The van der Waals surface area contributed by atoms with E-state index in [1.54, 1.807) is 6.07 Å². The Balaban J connectivity index is 2.36. The summed E-state index contributed by atoms with van der Waals surface area (Å²) >= 11 is 0. The molecule has 1 aromatic rings. The minimum absolute atomic E-state index is 0.0280. The molecule has 16 heavy (non-hydrogen) atoms. The predicted octanol–water partition coefficient (Wildman–Crippen LogP) is 2.05. The Morgan fingerprint density at radius 2 is 2.38 bits per heavy atom. The number of carbonyl (C=O) groups is 1. The van der Waals surface area contributed by atoms with Crippen LogP contribution in [-0.2, 0) is 11.2 Å². The molecular formula is C12H14FNO2. The molecule has 4 heteroatoms. The third kappa shape index (κ3) is 2.01. The molecule has 0 saturated carbocycles. The minimum Gasteiger partial charge on any atom is -0.480 e. The zero-order valence-corrected chi connectivity index (χ0v) is 9.11. The normalized spacial score (nSPS) is 19.4. The van der Waals surface area contributed by atoms with Gasteiger partial charge in [0.25, 0.3) is 0 Å². The topological polar surface area (TPSA) is 40.5 Å². The summed E-state index contributed by atoms with van der Waals surface area (Å²) in [7, 11) is 0. The highest BCUT2D eigenvalue weighted by atomic mass is 19.1. The molecule has 0 amide bonds. The molecule has 0 aliphatic carbocycles. The van der Waals surface area contributed by atoms with E-state index in [0.29, 0.717) is 0 Å². The van der Waals surface area contributed by atoms with E-state index >= 15 is 0 Å². The van der Waals surface area contributed by atoms with Crippen molar-refractivity contribution < 1.29 is 14.3 Å². The molecule has 1 unspecified atom stereocenters. The lowest BCUT2D eigenvalue weighted by molar-refractivity contribution is -0.135. The first kappa shape index (κ1) is 10.9. The van der Waals surface area contributed by atoms with Crippen LogP contribution in [0, 0.1) is 5.82 Å². The summed E-state index contributed by atoms with van der Waals surface area (Å²) in [6.07, 6.45) is 1.67. The molecule has 1 aliphatic heterocycles. The van der Waals surface area contributed by atoms with Crippen molar-refractivity contribution in [3.05, 3.63) is 29.6 Å². The van der Waals surface area contributed by atoms with Gasteiger partial charge in [-0.3, -0.25) is 4.79 Å². The van der Waals surface area contributed by atoms with Crippen LogP contribution < -0.4 is 4.90 Å². The molecule has 2 rings (SSSR count). The third-order valence-electron chi connectivity index (χ3n) is 3.02. The lowest BCUT2D eigenvalue weighted by atomic mass is 9.96. The molecule has 1 aliphatic rings. The monoisotopic (exact) mass is 223 g/mol. The van der Waals surface area contributed by atoms with Gasteiger partial charge in [0, 0.05) is 11.7 Å². The van der Waals surface area contributed by atoms with Gasteiger partial charge in [0.2, 0.25) is 0 Å². The first-order chi connectivity index (χ1) is 7.58. The van der Waals surface area contributed by atoms with E-state index in [0.717, 1.165) is 24.1 Å². The molecule has 86 valence electrons. The van der Waals surface area contributed by atoms with E-state index in [-0.39, 0.29) is 18.4 Å². The maximum Gasteiger partial charge on any atom is 0.323 e. The van der Waals surface area contributed by atoms with Crippen molar-refractivity contribution >= 4 is 11.7 Å². The van der Waals surface area contributed by atoms with Crippen molar-refractivity contribution in [2.45, 2.75) is 25.8 Å². The number of carboxylic acid groups (broad SMARTS) is 1. The van der Waals surface area contributed by atoms with Crippen LogP contribution in [0.15, 0.2) is 18.2 Å². The summed E-state index contributed by atoms with van der Waals surface area (Å²) in [5.74, 6) is -1.12. The summed E-state index contributed by atoms with van der Waals surface area (Å²) in [6.45, 7) is 1.97. The molecule has 1 heterocycles. The van der Waals surface area contributed by atoms with Crippen LogP contribution in [0.4, 0.5) is 10.1 Å². The molecule has 0 spiro atoms. The highest BCUT2D eigenvalue weighted by Gasteiger charge is 2.24. The van der Waals surface area contributed by atoms with Crippen LogP contribution in [-0.4, -0.2) is 23.7 Å². The van der Waals surface area contributed by atoms with Crippen LogP contribution in [0.5, 0.6) is 0 Å². The summed E-state index contributed by atoms with van der Waals surface area (Å²) in [6, 6.07) is 4.74. The Kier molecular flexibility index (Phi) is 2.81. The highest BCUT2D eigenvalue weighted by Crippen LogP contribution is 2.30. The van der Waals surface area contributed by atoms with Crippen molar-refractivity contribution in [1.82, 2.24) is 0 Å². The number of rotatable bonds is 2. The van der Waals surface area contributed by atoms with Crippen LogP contribution in [0.3, 0.4) is 0 Å². The van der Waals surface area contributed by atoms with Gasteiger partial charge in [-0.1, -0.05) is 0 Å². The molecule has 0 radical (unpaired) electrons. The zero-order chi connectivity index (χ0) is 11.7. The van der Waals surface area contributed by atoms with Gasteiger partial charge in [0.15, 0.2) is 0 Å². The maximum atomic E-state index is 13.0. The summed E-state index contributed by atoms with van der Waals surface area (Å²) in [5, 5.41) is 8.85. The Hall–Kier alpha value is -1.58. The molecule has 0 bridgehead atoms. The Bertz CT molecular complexity index is 419. The van der Waals surface area contributed by atoms with Gasteiger partial charge in [-0.15, -0.1) is 0 Å². The highest BCUT2D eigenvalue weighted by molar-refractivity contribution is 5.75. The van der Waals surface area contributed by atoms with Crippen molar-refractivity contribution in [3.63, 3.8) is 0 Å². The maximum absolute atomic E-state index is 13.0. The van der Waals surface area contributed by atoms with E-state index in [1.807, 2.05) is 11.8 Å². The largest absolute Gasteiger partial charge is 0.480 e. The second kappa shape index (κ2) is 4.12. The van der Waals surface area contributed by atoms with Gasteiger partial charge >= 0.3 is 5.97 Å². The molecule has 0 aromatic heterocycles. The number of hydrogen-bond donors (Lipinski definition) is 1. The number of carboxylic acids is 1. The molecular weight excluding hydrogens is 209 g/mol. The van der Waals surface area contributed by atoms with Crippen LogP contribution in [0.25, 0.3) is 0 Å². The number of nitrogens with zero attached hydrogens (tertiary/aromatic N) is 1. The molecule has 0 fully saturated rings. The van der Waals surface area contributed by atoms with Crippen molar-refractivity contribution in [2.75, 3.05) is 11.4 Å². The summed E-state index contributed by atoms with van der Waals surface area (Å²) in [5.41, 5.74) is 1.75. The van der Waals surface area contributed by atoms with E-state index in [2.05, 4.69) is 0 Å². The van der Waals surface area contributed by atoms with Gasteiger partial charge in [0.05, 0.1) is 0 Å². The first-order valence-corrected chi connectivity index (χ1v) is 5.35. The lowest BCUT2D eigenvalue weighted by Crippen LogP contribution is -2.40. The van der Waals surface area contributed by atoms with Gasteiger partial charge in [-0.2, -0.15) is 0 Å². The van der Waals surface area contributed by atoms with Gasteiger partial charge in [-0.25, -0.2) is 4.39 Å². The standard InChI is InChI=1S/C12H14FNO2/c1-8-2-3-9-6-10(13)4-5-11(9)14(8)7-12(15)16/h4-6,8H,2-3,7H2,1H3,(H,15,16).